The van der Waals surface area contributed by atoms with Gasteiger partial charge in [-0.3, -0.25) is 14.5 Å². The first-order valence-electron chi connectivity index (χ1n) is 8.55. The fraction of sp³-hybridized carbons (Fsp3) is 0.389. The minimum atomic E-state index is -0.611. The van der Waals surface area contributed by atoms with Crippen LogP contribution in [0.15, 0.2) is 24.3 Å². The minimum absolute atomic E-state index is 0.0618. The van der Waals surface area contributed by atoms with Crippen molar-refractivity contribution < 1.29 is 14.3 Å². The Balaban J connectivity index is 1.49. The van der Waals surface area contributed by atoms with E-state index in [2.05, 4.69) is 22.2 Å². The number of nitrogens with zero attached hydrogens (tertiary/aromatic N) is 3. The molecule has 4 rings (SSSR count). The molecule has 7 nitrogen and oxygen atoms in total. The molecule has 2 amide bonds. The molecule has 2 aliphatic rings. The molecule has 0 fully saturated rings. The number of carbonyl (C=O) groups excluding carboxylic acids is 2. The van der Waals surface area contributed by atoms with Crippen molar-refractivity contribution in [1.82, 2.24) is 9.88 Å². The third-order valence-electron chi connectivity index (χ3n) is 4.54. The Bertz CT molecular complexity index is 866. The van der Waals surface area contributed by atoms with Gasteiger partial charge in [-0.15, -0.1) is 11.3 Å². The molecule has 8 heteroatoms. The lowest BCUT2D eigenvalue weighted by Gasteiger charge is -2.32. The SMILES string of the molecule is C[C@@H]1Oc2ccccc2N(CC(=O)Nc2nc3c(s2)CN(C)CC3)C1=O. The molecule has 0 aliphatic carbocycles. The number of hydrogen-bond donors (Lipinski definition) is 1. The minimum Gasteiger partial charge on any atom is -0.479 e. The zero-order valence-electron chi connectivity index (χ0n) is 14.7. The van der Waals surface area contributed by atoms with E-state index in [0.717, 1.165) is 25.2 Å². The molecule has 26 heavy (non-hydrogen) atoms. The van der Waals surface area contributed by atoms with Crippen molar-refractivity contribution in [2.45, 2.75) is 26.0 Å². The van der Waals surface area contributed by atoms with Crippen molar-refractivity contribution in [2.75, 3.05) is 30.4 Å². The van der Waals surface area contributed by atoms with Crippen LogP contribution < -0.4 is 15.0 Å². The van der Waals surface area contributed by atoms with Crippen molar-refractivity contribution in [3.05, 3.63) is 34.8 Å². The number of thiazole rings is 1. The van der Waals surface area contributed by atoms with Gasteiger partial charge in [0.1, 0.15) is 12.3 Å². The fourth-order valence-corrected chi connectivity index (χ4v) is 4.31. The van der Waals surface area contributed by atoms with Gasteiger partial charge in [0.25, 0.3) is 5.91 Å². The van der Waals surface area contributed by atoms with Crippen LogP contribution in [0.25, 0.3) is 0 Å². The maximum Gasteiger partial charge on any atom is 0.268 e. The van der Waals surface area contributed by atoms with Crippen LogP contribution in [0.1, 0.15) is 17.5 Å². The van der Waals surface area contributed by atoms with Crippen molar-refractivity contribution in [1.29, 1.82) is 0 Å². The number of nitrogens with one attached hydrogen (secondary N) is 1. The van der Waals surface area contributed by atoms with Gasteiger partial charge >= 0.3 is 0 Å². The van der Waals surface area contributed by atoms with Gasteiger partial charge in [0.05, 0.1) is 11.4 Å². The van der Waals surface area contributed by atoms with Crippen molar-refractivity contribution in [2.24, 2.45) is 0 Å². The summed E-state index contributed by atoms with van der Waals surface area (Å²) in [5.74, 6) is 0.126. The maximum atomic E-state index is 12.5. The van der Waals surface area contributed by atoms with Gasteiger partial charge in [-0.2, -0.15) is 0 Å². The Hall–Kier alpha value is -2.45. The van der Waals surface area contributed by atoms with Crippen LogP contribution in [-0.4, -0.2) is 47.9 Å². The third-order valence-corrected chi connectivity index (χ3v) is 5.54. The maximum absolute atomic E-state index is 12.5. The third kappa shape index (κ3) is 3.17. The first-order valence-corrected chi connectivity index (χ1v) is 9.37. The van der Waals surface area contributed by atoms with Crippen LogP contribution in [0, 0.1) is 0 Å². The Morgan fingerprint density at radius 2 is 2.23 bits per heavy atom. The number of para-hydroxylation sites is 2. The second kappa shape index (κ2) is 6.69. The number of ether oxygens (including phenoxy) is 1. The monoisotopic (exact) mass is 372 g/mol. The molecule has 2 aromatic rings. The number of amides is 2. The van der Waals surface area contributed by atoms with Gasteiger partial charge in [0.2, 0.25) is 5.91 Å². The largest absolute Gasteiger partial charge is 0.479 e. The summed E-state index contributed by atoms with van der Waals surface area (Å²) in [4.78, 5) is 34.4. The zero-order chi connectivity index (χ0) is 18.3. The Morgan fingerprint density at radius 3 is 3.08 bits per heavy atom. The molecular formula is C18H20N4O3S. The summed E-state index contributed by atoms with van der Waals surface area (Å²) in [5, 5.41) is 3.44. The van der Waals surface area contributed by atoms with E-state index in [9.17, 15) is 9.59 Å². The van der Waals surface area contributed by atoms with Crippen LogP contribution in [0.3, 0.4) is 0 Å². The van der Waals surface area contributed by atoms with Gasteiger partial charge in [-0.25, -0.2) is 4.98 Å². The van der Waals surface area contributed by atoms with Gasteiger partial charge in [-0.05, 0) is 26.1 Å². The quantitative estimate of drug-likeness (QED) is 0.891. The predicted octanol–water partition coefficient (Wildman–Crippen LogP) is 1.88. The van der Waals surface area contributed by atoms with Crippen molar-refractivity contribution in [3.8, 4) is 5.75 Å². The predicted molar refractivity (Wildman–Crippen MR) is 99.7 cm³/mol. The highest BCUT2D eigenvalue weighted by atomic mass is 32.1. The highest BCUT2D eigenvalue weighted by molar-refractivity contribution is 7.15. The van der Waals surface area contributed by atoms with Gasteiger partial charge in [-0.1, -0.05) is 12.1 Å². The molecule has 0 saturated carbocycles. The normalized spacial score (nSPS) is 19.5. The molecule has 3 heterocycles. The van der Waals surface area contributed by atoms with E-state index in [1.54, 1.807) is 19.1 Å². The molecule has 1 aromatic carbocycles. The van der Waals surface area contributed by atoms with E-state index < -0.39 is 6.10 Å². The highest BCUT2D eigenvalue weighted by Gasteiger charge is 2.32. The Kier molecular flexibility index (Phi) is 4.37. The summed E-state index contributed by atoms with van der Waals surface area (Å²) in [6, 6.07) is 7.25. The molecule has 136 valence electrons. The van der Waals surface area contributed by atoms with Crippen LogP contribution >= 0.6 is 11.3 Å². The van der Waals surface area contributed by atoms with Gasteiger partial charge < -0.3 is 15.0 Å². The van der Waals surface area contributed by atoms with E-state index in [4.69, 9.17) is 4.74 Å². The summed E-state index contributed by atoms with van der Waals surface area (Å²) in [5.41, 5.74) is 1.68. The second-order valence-electron chi connectivity index (χ2n) is 6.58. The smallest absolute Gasteiger partial charge is 0.268 e. The van der Waals surface area contributed by atoms with E-state index in [0.29, 0.717) is 16.6 Å². The summed E-state index contributed by atoms with van der Waals surface area (Å²) >= 11 is 1.50. The number of likely N-dealkylation sites (N-methyl/N-ethyl adjacent to an activating group) is 1. The number of rotatable bonds is 3. The molecule has 2 aliphatic heterocycles. The van der Waals surface area contributed by atoms with Crippen molar-refractivity contribution in [3.63, 3.8) is 0 Å². The van der Waals surface area contributed by atoms with Crippen LogP contribution in [0.5, 0.6) is 5.75 Å². The average Bonchev–Trinajstić information content (AvgIpc) is 3.00. The molecule has 1 N–H and O–H groups in total. The lowest BCUT2D eigenvalue weighted by atomic mass is 10.2. The zero-order valence-corrected chi connectivity index (χ0v) is 15.5. The standard InChI is InChI=1S/C18H20N4O3S/c1-11-17(24)22(13-5-3-4-6-14(13)25-11)10-16(23)20-18-19-12-7-8-21(2)9-15(12)26-18/h3-6,11H,7-10H2,1-2H3,(H,19,20,23)/t11-/m0/s1. The summed E-state index contributed by atoms with van der Waals surface area (Å²) in [6.45, 7) is 3.46. The number of anilines is 2. The molecule has 0 radical (unpaired) electrons. The van der Waals surface area contributed by atoms with Crippen LogP contribution in [-0.2, 0) is 22.6 Å². The molecule has 1 atom stereocenters. The van der Waals surface area contributed by atoms with Gasteiger partial charge in [0.15, 0.2) is 11.2 Å². The number of hydrogen-bond acceptors (Lipinski definition) is 6. The summed E-state index contributed by atoms with van der Waals surface area (Å²) < 4.78 is 5.60. The van der Waals surface area contributed by atoms with E-state index in [-0.39, 0.29) is 18.4 Å². The molecule has 0 saturated heterocycles. The van der Waals surface area contributed by atoms with E-state index >= 15 is 0 Å². The van der Waals surface area contributed by atoms with Crippen molar-refractivity contribution >= 4 is 34.0 Å². The molecule has 0 spiro atoms. The molecule has 0 unspecified atom stereocenters. The number of benzene rings is 1. The summed E-state index contributed by atoms with van der Waals surface area (Å²) in [7, 11) is 2.07. The topological polar surface area (TPSA) is 74.8 Å². The Morgan fingerprint density at radius 1 is 1.42 bits per heavy atom. The van der Waals surface area contributed by atoms with E-state index in [1.165, 1.54) is 21.1 Å². The summed E-state index contributed by atoms with van der Waals surface area (Å²) in [6.07, 6.45) is 0.283. The fourth-order valence-electron chi connectivity index (χ4n) is 3.20. The average molecular weight is 372 g/mol. The lowest BCUT2D eigenvalue weighted by Crippen LogP contribution is -2.47. The lowest BCUT2D eigenvalue weighted by molar-refractivity contribution is -0.127. The highest BCUT2D eigenvalue weighted by Crippen LogP contribution is 2.33. The second-order valence-corrected chi connectivity index (χ2v) is 7.66. The van der Waals surface area contributed by atoms with E-state index in [1.807, 2.05) is 12.1 Å². The van der Waals surface area contributed by atoms with Crippen LogP contribution in [0.4, 0.5) is 10.8 Å². The number of aromatic nitrogens is 1. The number of fused-ring (bicyclic) bond motifs is 2. The van der Waals surface area contributed by atoms with Gasteiger partial charge in [0, 0.05) is 24.4 Å². The first kappa shape index (κ1) is 17.0. The molecular weight excluding hydrogens is 352 g/mol. The molecule has 1 aromatic heterocycles. The number of carbonyl (C=O) groups is 2. The van der Waals surface area contributed by atoms with Crippen LogP contribution in [0.2, 0.25) is 0 Å². The first-order chi connectivity index (χ1) is 12.5. The Labute approximate surface area is 155 Å². The molecule has 0 bridgehead atoms.